The summed E-state index contributed by atoms with van der Waals surface area (Å²) in [7, 11) is 0. The molecule has 1 aliphatic heterocycles. The molecule has 11 heavy (non-hydrogen) atoms. The Hall–Kier alpha value is -0.200. The number of aliphatic hydroxyl groups is 4. The second kappa shape index (κ2) is 3.04. The lowest BCUT2D eigenvalue weighted by atomic mass is 9.92. The van der Waals surface area contributed by atoms with Gasteiger partial charge in [-0.1, -0.05) is 0 Å². The van der Waals surface area contributed by atoms with Crippen LogP contribution >= 0.6 is 0 Å². The highest BCUT2D eigenvalue weighted by molar-refractivity contribution is 4.90. The van der Waals surface area contributed by atoms with Gasteiger partial charge in [-0.15, -0.1) is 0 Å². The molecule has 66 valence electrons. The van der Waals surface area contributed by atoms with E-state index in [0.29, 0.717) is 0 Å². The third-order valence-electron chi connectivity index (χ3n) is 1.92. The van der Waals surface area contributed by atoms with Crippen molar-refractivity contribution >= 4 is 0 Å². The van der Waals surface area contributed by atoms with E-state index >= 15 is 0 Å². The summed E-state index contributed by atoms with van der Waals surface area (Å²) in [6.07, 6.45) is -2.70. The summed E-state index contributed by atoms with van der Waals surface area (Å²) in [5.41, 5.74) is -1.61. The molecule has 5 heteroatoms. The quantitative estimate of drug-likeness (QED) is 0.353. The molecule has 0 saturated carbocycles. The Morgan fingerprint density at radius 1 is 1.45 bits per heavy atom. The van der Waals surface area contributed by atoms with Crippen LogP contribution in [0, 0.1) is 0 Å². The molecule has 4 N–H and O–H groups in total. The Morgan fingerprint density at radius 2 is 2.09 bits per heavy atom. The maximum Gasteiger partial charge on any atom is 0.183 e. The first-order valence-corrected chi connectivity index (χ1v) is 3.41. The van der Waals surface area contributed by atoms with Crippen LogP contribution in [0.4, 0.5) is 0 Å². The van der Waals surface area contributed by atoms with E-state index < -0.39 is 24.6 Å². The highest BCUT2D eigenvalue weighted by Gasteiger charge is 2.43. The van der Waals surface area contributed by atoms with E-state index in [4.69, 9.17) is 15.3 Å². The number of ether oxygens (including phenoxy) is 1. The Bertz CT molecular complexity index is 139. The second-order valence-corrected chi connectivity index (χ2v) is 2.72. The molecular formula is C6H12O5. The molecule has 1 saturated heterocycles. The van der Waals surface area contributed by atoms with E-state index in [0.717, 1.165) is 0 Å². The molecule has 1 aliphatic rings. The minimum atomic E-state index is -1.61. The molecule has 0 amide bonds. The van der Waals surface area contributed by atoms with Crippen molar-refractivity contribution in [2.45, 2.75) is 24.4 Å². The smallest absolute Gasteiger partial charge is 0.183 e. The maximum atomic E-state index is 9.38. The van der Waals surface area contributed by atoms with E-state index in [2.05, 4.69) is 4.74 Å². The molecule has 0 bridgehead atoms. The van der Waals surface area contributed by atoms with Crippen LogP contribution in [0.25, 0.3) is 0 Å². The summed E-state index contributed by atoms with van der Waals surface area (Å²) in [6.45, 7) is -0.441. The van der Waals surface area contributed by atoms with Gasteiger partial charge in [0.15, 0.2) is 6.29 Å². The van der Waals surface area contributed by atoms with Crippen LogP contribution in [0.5, 0.6) is 0 Å². The summed E-state index contributed by atoms with van der Waals surface area (Å²) in [6, 6.07) is 0. The third-order valence-corrected chi connectivity index (χ3v) is 1.92. The van der Waals surface area contributed by atoms with Crippen molar-refractivity contribution in [3.8, 4) is 0 Å². The molecule has 0 aromatic rings. The molecule has 0 radical (unpaired) electrons. The van der Waals surface area contributed by atoms with Crippen molar-refractivity contribution in [1.82, 2.24) is 0 Å². The molecule has 1 fully saturated rings. The summed E-state index contributed by atoms with van der Waals surface area (Å²) < 4.78 is 4.62. The lowest BCUT2D eigenvalue weighted by Gasteiger charge is -2.37. The molecule has 5 nitrogen and oxygen atoms in total. The van der Waals surface area contributed by atoms with Gasteiger partial charge in [-0.05, 0) is 0 Å². The standard InChI is InChI=1S/C6H12O5/c7-3-6(10)1-2-11-5(9)4(6)8/h4-5,7-10H,1-3H2/t4?,5-,6?/m1/s1. The second-order valence-electron chi connectivity index (χ2n) is 2.72. The topological polar surface area (TPSA) is 90.2 Å². The number of hydrogen-bond acceptors (Lipinski definition) is 5. The summed E-state index contributed by atoms with van der Waals surface area (Å²) >= 11 is 0. The maximum absolute atomic E-state index is 9.38. The fourth-order valence-corrected chi connectivity index (χ4v) is 1.03. The van der Waals surface area contributed by atoms with Crippen molar-refractivity contribution in [3.05, 3.63) is 0 Å². The van der Waals surface area contributed by atoms with Gasteiger partial charge in [-0.2, -0.15) is 0 Å². The van der Waals surface area contributed by atoms with E-state index in [-0.39, 0.29) is 13.0 Å². The van der Waals surface area contributed by atoms with Gasteiger partial charge in [0.1, 0.15) is 11.7 Å². The Labute approximate surface area is 63.8 Å². The van der Waals surface area contributed by atoms with Crippen LogP contribution in [-0.4, -0.2) is 51.6 Å². The van der Waals surface area contributed by atoms with Gasteiger partial charge in [-0.3, -0.25) is 0 Å². The van der Waals surface area contributed by atoms with Gasteiger partial charge in [-0.25, -0.2) is 0 Å². The van der Waals surface area contributed by atoms with Crippen LogP contribution in [0.15, 0.2) is 0 Å². The minimum Gasteiger partial charge on any atom is -0.393 e. The van der Waals surface area contributed by atoms with E-state index in [9.17, 15) is 5.11 Å². The SMILES string of the molecule is OCC1(O)CCO[C@@H](O)C1O. The number of aliphatic hydroxyl groups excluding tert-OH is 3. The molecule has 1 rings (SSSR count). The van der Waals surface area contributed by atoms with Crippen LogP contribution in [0.2, 0.25) is 0 Å². The monoisotopic (exact) mass is 164 g/mol. The Morgan fingerprint density at radius 3 is 2.55 bits per heavy atom. The molecule has 0 spiro atoms. The zero-order chi connectivity index (χ0) is 8.48. The van der Waals surface area contributed by atoms with Crippen LogP contribution in [0.3, 0.4) is 0 Å². The average Bonchev–Trinajstić information content (AvgIpc) is 2.00. The first-order valence-electron chi connectivity index (χ1n) is 3.41. The molecule has 0 aromatic heterocycles. The zero-order valence-corrected chi connectivity index (χ0v) is 5.97. The zero-order valence-electron chi connectivity index (χ0n) is 5.97. The first kappa shape index (κ1) is 8.89. The predicted octanol–water partition coefficient (Wildman–Crippen LogP) is -2.19. The van der Waals surface area contributed by atoms with E-state index in [1.54, 1.807) is 0 Å². The Balaban J connectivity index is 2.64. The van der Waals surface area contributed by atoms with Crippen molar-refractivity contribution in [1.29, 1.82) is 0 Å². The van der Waals surface area contributed by atoms with Crippen molar-refractivity contribution in [3.63, 3.8) is 0 Å². The van der Waals surface area contributed by atoms with Crippen molar-refractivity contribution in [2.24, 2.45) is 0 Å². The first-order chi connectivity index (χ1) is 5.10. The summed E-state index contributed by atoms with van der Waals surface area (Å²) in [5, 5.41) is 36.1. The molecule has 1 heterocycles. The Kier molecular flexibility index (Phi) is 2.46. The lowest BCUT2D eigenvalue weighted by molar-refractivity contribution is -0.262. The van der Waals surface area contributed by atoms with Gasteiger partial charge in [0.2, 0.25) is 0 Å². The molecule has 0 aliphatic carbocycles. The number of hydrogen-bond donors (Lipinski definition) is 4. The van der Waals surface area contributed by atoms with Crippen LogP contribution < -0.4 is 0 Å². The van der Waals surface area contributed by atoms with Gasteiger partial charge >= 0.3 is 0 Å². The van der Waals surface area contributed by atoms with Gasteiger partial charge in [0, 0.05) is 6.42 Å². The van der Waals surface area contributed by atoms with Crippen LogP contribution in [0.1, 0.15) is 6.42 Å². The summed E-state index contributed by atoms with van der Waals surface area (Å²) in [5.74, 6) is 0. The highest BCUT2D eigenvalue weighted by atomic mass is 16.6. The minimum absolute atomic E-state index is 0.127. The molecule has 0 aromatic carbocycles. The van der Waals surface area contributed by atoms with Crippen LogP contribution in [-0.2, 0) is 4.74 Å². The van der Waals surface area contributed by atoms with E-state index in [1.165, 1.54) is 0 Å². The molecule has 3 atom stereocenters. The summed E-state index contributed by atoms with van der Waals surface area (Å²) in [4.78, 5) is 0. The van der Waals surface area contributed by atoms with Crippen molar-refractivity contribution < 1.29 is 25.2 Å². The molecule has 2 unspecified atom stereocenters. The van der Waals surface area contributed by atoms with Gasteiger partial charge in [0.05, 0.1) is 13.2 Å². The lowest BCUT2D eigenvalue weighted by Crippen LogP contribution is -2.56. The van der Waals surface area contributed by atoms with Crippen molar-refractivity contribution in [2.75, 3.05) is 13.2 Å². The van der Waals surface area contributed by atoms with E-state index in [1.807, 2.05) is 0 Å². The van der Waals surface area contributed by atoms with Gasteiger partial charge in [0.25, 0.3) is 0 Å². The predicted molar refractivity (Wildman–Crippen MR) is 34.6 cm³/mol. The largest absolute Gasteiger partial charge is 0.393 e. The fourth-order valence-electron chi connectivity index (χ4n) is 1.03. The average molecular weight is 164 g/mol. The van der Waals surface area contributed by atoms with Gasteiger partial charge < -0.3 is 25.2 Å². The highest BCUT2D eigenvalue weighted by Crippen LogP contribution is 2.23. The normalized spacial score (nSPS) is 45.8. The third kappa shape index (κ3) is 1.52. The fraction of sp³-hybridized carbons (Fsp3) is 1.00. The number of rotatable bonds is 1. The molecular weight excluding hydrogens is 152 g/mol.